The molecule has 0 amide bonds. The lowest BCUT2D eigenvalue weighted by molar-refractivity contribution is 0.482. The zero-order chi connectivity index (χ0) is 16.5. The van der Waals surface area contributed by atoms with Gasteiger partial charge in [0.1, 0.15) is 8.64 Å². The molecule has 122 valence electrons. The normalized spacial score (nSPS) is 10.4. The fraction of sp³-hybridized carbons (Fsp3) is 0.500. The first kappa shape index (κ1) is 19.7. The van der Waals surface area contributed by atoms with E-state index >= 15 is 0 Å². The monoisotopic (exact) mass is 372 g/mol. The van der Waals surface area contributed by atoms with E-state index in [1.54, 1.807) is 23.5 Å². The van der Waals surface area contributed by atoms with Gasteiger partial charge in [-0.3, -0.25) is 0 Å². The molecular weight excluding hydrogens is 348 g/mol. The fourth-order valence-electron chi connectivity index (χ4n) is 1.87. The van der Waals surface area contributed by atoms with Crippen molar-refractivity contribution in [3.05, 3.63) is 24.3 Å². The molecule has 0 saturated heterocycles. The molecule has 1 aromatic carbocycles. The maximum absolute atomic E-state index is 5.48. The van der Waals surface area contributed by atoms with Crippen LogP contribution in [-0.2, 0) is 0 Å². The summed E-state index contributed by atoms with van der Waals surface area (Å²) in [5.74, 6) is 0. The third kappa shape index (κ3) is 6.07. The number of thiocarbonyl (C=S) groups is 2. The van der Waals surface area contributed by atoms with Gasteiger partial charge in [0.15, 0.2) is 0 Å². The Morgan fingerprint density at radius 1 is 0.727 bits per heavy atom. The molecule has 0 N–H and O–H groups in total. The second-order valence-electron chi connectivity index (χ2n) is 4.55. The van der Waals surface area contributed by atoms with Crippen molar-refractivity contribution in [1.82, 2.24) is 9.80 Å². The zero-order valence-corrected chi connectivity index (χ0v) is 16.9. The fourth-order valence-corrected chi connectivity index (χ4v) is 4.69. The predicted octanol–water partition coefficient (Wildman–Crippen LogP) is 5.12. The SMILES string of the molecule is CCN(CC)C(=S)Sc1ccc(SC(=S)N(CC)CC)cc1. The van der Waals surface area contributed by atoms with Crippen molar-refractivity contribution in [3.63, 3.8) is 0 Å². The van der Waals surface area contributed by atoms with Crippen LogP contribution in [0.25, 0.3) is 0 Å². The molecule has 0 fully saturated rings. The van der Waals surface area contributed by atoms with E-state index in [4.69, 9.17) is 24.4 Å². The Kier molecular flexibility index (Phi) is 9.40. The summed E-state index contributed by atoms with van der Waals surface area (Å²) in [4.78, 5) is 6.74. The van der Waals surface area contributed by atoms with Crippen molar-refractivity contribution in [2.75, 3.05) is 26.2 Å². The summed E-state index contributed by atoms with van der Waals surface area (Å²) in [5.41, 5.74) is 0. The van der Waals surface area contributed by atoms with E-state index in [0.717, 1.165) is 34.8 Å². The maximum Gasteiger partial charge on any atom is 0.141 e. The molecule has 0 heterocycles. The third-order valence-corrected chi connectivity index (χ3v) is 6.18. The van der Waals surface area contributed by atoms with Crippen LogP contribution < -0.4 is 0 Å². The first-order valence-electron chi connectivity index (χ1n) is 7.59. The molecular formula is C16H24N2S4. The van der Waals surface area contributed by atoms with Gasteiger partial charge in [-0.1, -0.05) is 48.0 Å². The van der Waals surface area contributed by atoms with Gasteiger partial charge in [0.05, 0.1) is 0 Å². The number of benzene rings is 1. The Balaban J connectivity index is 2.63. The third-order valence-electron chi connectivity index (χ3n) is 3.28. The Morgan fingerprint density at radius 2 is 1.00 bits per heavy atom. The van der Waals surface area contributed by atoms with E-state index in [2.05, 4.69) is 61.8 Å². The Morgan fingerprint density at radius 3 is 1.23 bits per heavy atom. The van der Waals surface area contributed by atoms with Crippen LogP contribution in [0, 0.1) is 0 Å². The number of thioether (sulfide) groups is 2. The molecule has 6 heteroatoms. The van der Waals surface area contributed by atoms with Crippen molar-refractivity contribution in [2.45, 2.75) is 37.5 Å². The summed E-state index contributed by atoms with van der Waals surface area (Å²) in [6.45, 7) is 12.3. The van der Waals surface area contributed by atoms with E-state index in [0.29, 0.717) is 0 Å². The number of rotatable bonds is 6. The molecule has 0 radical (unpaired) electrons. The minimum absolute atomic E-state index is 0.934. The van der Waals surface area contributed by atoms with Crippen molar-refractivity contribution < 1.29 is 0 Å². The van der Waals surface area contributed by atoms with E-state index in [1.807, 2.05) is 0 Å². The van der Waals surface area contributed by atoms with Gasteiger partial charge in [0, 0.05) is 36.0 Å². The van der Waals surface area contributed by atoms with Crippen molar-refractivity contribution in [1.29, 1.82) is 0 Å². The molecule has 0 bridgehead atoms. The molecule has 0 aliphatic carbocycles. The molecule has 0 unspecified atom stereocenters. The standard InChI is InChI=1S/C16H24N2S4/c1-5-17(6-2)15(19)21-13-9-11-14(12-10-13)22-16(20)18(7-3)8-4/h9-12H,5-8H2,1-4H3. The highest BCUT2D eigenvalue weighted by molar-refractivity contribution is 8.23. The molecule has 0 saturated carbocycles. The summed E-state index contributed by atoms with van der Waals surface area (Å²) in [6.07, 6.45) is 0. The largest absolute Gasteiger partial charge is 0.358 e. The van der Waals surface area contributed by atoms with E-state index < -0.39 is 0 Å². The topological polar surface area (TPSA) is 6.48 Å². The highest BCUT2D eigenvalue weighted by Crippen LogP contribution is 2.27. The molecule has 1 rings (SSSR count). The minimum atomic E-state index is 0.934. The molecule has 0 aliphatic heterocycles. The van der Waals surface area contributed by atoms with E-state index in [-0.39, 0.29) is 0 Å². The zero-order valence-electron chi connectivity index (χ0n) is 13.7. The van der Waals surface area contributed by atoms with Crippen LogP contribution in [0.4, 0.5) is 0 Å². The first-order valence-corrected chi connectivity index (χ1v) is 10.0. The summed E-state index contributed by atoms with van der Waals surface area (Å²) < 4.78 is 1.87. The van der Waals surface area contributed by atoms with Crippen LogP contribution in [0.5, 0.6) is 0 Å². The smallest absolute Gasteiger partial charge is 0.141 e. The number of nitrogens with zero attached hydrogens (tertiary/aromatic N) is 2. The summed E-state index contributed by atoms with van der Waals surface area (Å²) in [7, 11) is 0. The van der Waals surface area contributed by atoms with Crippen LogP contribution >= 0.6 is 48.0 Å². The molecule has 22 heavy (non-hydrogen) atoms. The van der Waals surface area contributed by atoms with Gasteiger partial charge in [-0.05, 0) is 52.0 Å². The first-order chi connectivity index (χ1) is 10.5. The summed E-state index contributed by atoms with van der Waals surface area (Å²) >= 11 is 14.3. The lowest BCUT2D eigenvalue weighted by atomic mass is 10.4. The predicted molar refractivity (Wildman–Crippen MR) is 109 cm³/mol. The molecule has 0 aromatic heterocycles. The van der Waals surface area contributed by atoms with Crippen LogP contribution in [0.2, 0.25) is 0 Å². The highest BCUT2D eigenvalue weighted by Gasteiger charge is 2.09. The van der Waals surface area contributed by atoms with Gasteiger partial charge in [-0.15, -0.1) is 0 Å². The lowest BCUT2D eigenvalue weighted by Crippen LogP contribution is -2.26. The lowest BCUT2D eigenvalue weighted by Gasteiger charge is -2.21. The van der Waals surface area contributed by atoms with Crippen LogP contribution in [0.15, 0.2) is 34.1 Å². The molecule has 2 nitrogen and oxygen atoms in total. The summed E-state index contributed by atoms with van der Waals surface area (Å²) in [6, 6.07) is 8.47. The molecule has 0 aliphatic rings. The van der Waals surface area contributed by atoms with Gasteiger partial charge < -0.3 is 9.80 Å². The van der Waals surface area contributed by atoms with Gasteiger partial charge in [-0.25, -0.2) is 0 Å². The summed E-state index contributed by atoms with van der Waals surface area (Å²) in [5, 5.41) is 0. The molecule has 0 atom stereocenters. The van der Waals surface area contributed by atoms with Crippen LogP contribution in [-0.4, -0.2) is 44.6 Å². The van der Waals surface area contributed by atoms with Crippen molar-refractivity contribution in [3.8, 4) is 0 Å². The quantitative estimate of drug-likeness (QED) is 0.501. The van der Waals surface area contributed by atoms with Crippen LogP contribution in [0.1, 0.15) is 27.7 Å². The number of hydrogen-bond donors (Lipinski definition) is 0. The van der Waals surface area contributed by atoms with Gasteiger partial charge >= 0.3 is 0 Å². The molecule has 1 aromatic rings. The van der Waals surface area contributed by atoms with Gasteiger partial charge in [0.25, 0.3) is 0 Å². The Bertz CT molecular complexity index is 434. The average molecular weight is 373 g/mol. The van der Waals surface area contributed by atoms with E-state index in [1.165, 1.54) is 9.79 Å². The minimum Gasteiger partial charge on any atom is -0.358 e. The number of hydrogen-bond acceptors (Lipinski definition) is 4. The van der Waals surface area contributed by atoms with Gasteiger partial charge in [0.2, 0.25) is 0 Å². The second-order valence-corrected chi connectivity index (χ2v) is 7.97. The molecule has 0 spiro atoms. The van der Waals surface area contributed by atoms with Crippen molar-refractivity contribution >= 4 is 56.6 Å². The maximum atomic E-state index is 5.48. The Labute approximate surface area is 154 Å². The average Bonchev–Trinajstić information content (AvgIpc) is 2.51. The Hall–Kier alpha value is -0.300. The highest BCUT2D eigenvalue weighted by atomic mass is 32.2. The second kappa shape index (κ2) is 10.5. The van der Waals surface area contributed by atoms with E-state index in [9.17, 15) is 0 Å². The van der Waals surface area contributed by atoms with Gasteiger partial charge in [-0.2, -0.15) is 0 Å². The van der Waals surface area contributed by atoms with Crippen LogP contribution in [0.3, 0.4) is 0 Å². The van der Waals surface area contributed by atoms with Crippen molar-refractivity contribution in [2.24, 2.45) is 0 Å².